The largest absolute Gasteiger partial charge is 0.388 e. The van der Waals surface area contributed by atoms with Crippen LogP contribution in [0.25, 0.3) is 0 Å². The molecule has 0 heterocycles. The first-order valence-electron chi connectivity index (χ1n) is 6.71. The molecule has 5 heteroatoms. The highest BCUT2D eigenvalue weighted by atomic mass is 16.6. The van der Waals surface area contributed by atoms with Crippen LogP contribution in [0.4, 0.5) is 11.4 Å². The Kier molecular flexibility index (Phi) is 4.04. The van der Waals surface area contributed by atoms with Gasteiger partial charge in [-0.2, -0.15) is 0 Å². The normalized spacial score (nSPS) is 18.0. The smallest absolute Gasteiger partial charge is 0.274 e. The van der Waals surface area contributed by atoms with Crippen molar-refractivity contribution in [1.29, 1.82) is 0 Å². The Bertz CT molecular complexity index is 468. The Morgan fingerprint density at radius 1 is 1.37 bits per heavy atom. The summed E-state index contributed by atoms with van der Waals surface area (Å²) < 4.78 is 0. The second kappa shape index (κ2) is 5.57. The molecule has 1 fully saturated rings. The molecule has 0 radical (unpaired) electrons. The standard InChI is InChI=1S/C14H20N2O3/c1-11-5-6-12(9-13(11)16(18)19)15-10-14(17)7-3-2-4-8-14/h5-6,9,15,17H,2-4,7-8,10H2,1H3. The van der Waals surface area contributed by atoms with E-state index in [0.717, 1.165) is 25.7 Å². The fraction of sp³-hybridized carbons (Fsp3) is 0.571. The second-order valence-corrected chi connectivity index (χ2v) is 5.40. The number of benzene rings is 1. The molecule has 1 aliphatic carbocycles. The first-order valence-corrected chi connectivity index (χ1v) is 6.71. The lowest BCUT2D eigenvalue weighted by Gasteiger charge is -2.32. The van der Waals surface area contributed by atoms with Crippen LogP contribution in [0.3, 0.4) is 0 Å². The van der Waals surface area contributed by atoms with Gasteiger partial charge in [0.1, 0.15) is 0 Å². The second-order valence-electron chi connectivity index (χ2n) is 5.40. The predicted octanol–water partition coefficient (Wildman–Crippen LogP) is 3.01. The van der Waals surface area contributed by atoms with Gasteiger partial charge in [-0.15, -0.1) is 0 Å². The number of hydrogen-bond acceptors (Lipinski definition) is 4. The third kappa shape index (κ3) is 3.44. The van der Waals surface area contributed by atoms with Crippen molar-refractivity contribution >= 4 is 11.4 Å². The first kappa shape index (κ1) is 13.8. The van der Waals surface area contributed by atoms with Crippen molar-refractivity contribution in [2.45, 2.75) is 44.6 Å². The van der Waals surface area contributed by atoms with Crippen molar-refractivity contribution < 1.29 is 10.0 Å². The van der Waals surface area contributed by atoms with Crippen molar-refractivity contribution in [2.24, 2.45) is 0 Å². The van der Waals surface area contributed by atoms with Gasteiger partial charge >= 0.3 is 0 Å². The van der Waals surface area contributed by atoms with E-state index >= 15 is 0 Å². The number of nitrogens with one attached hydrogen (secondary N) is 1. The SMILES string of the molecule is Cc1ccc(NCC2(O)CCCCC2)cc1[N+](=O)[O-]. The molecule has 1 aliphatic rings. The van der Waals surface area contributed by atoms with Crippen LogP contribution < -0.4 is 5.32 Å². The minimum Gasteiger partial charge on any atom is -0.388 e. The Morgan fingerprint density at radius 3 is 2.68 bits per heavy atom. The highest BCUT2D eigenvalue weighted by Crippen LogP contribution is 2.29. The molecular formula is C14H20N2O3. The van der Waals surface area contributed by atoms with Crippen LogP contribution >= 0.6 is 0 Å². The molecule has 0 amide bonds. The summed E-state index contributed by atoms with van der Waals surface area (Å²) in [6, 6.07) is 5.07. The third-order valence-electron chi connectivity index (χ3n) is 3.81. The van der Waals surface area contributed by atoms with E-state index in [1.807, 2.05) is 6.07 Å². The molecular weight excluding hydrogens is 244 g/mol. The third-order valence-corrected chi connectivity index (χ3v) is 3.81. The number of rotatable bonds is 4. The monoisotopic (exact) mass is 264 g/mol. The summed E-state index contributed by atoms with van der Waals surface area (Å²) in [5.41, 5.74) is 0.779. The molecule has 2 N–H and O–H groups in total. The number of nitro benzene ring substituents is 1. The van der Waals surface area contributed by atoms with Crippen LogP contribution in [0.1, 0.15) is 37.7 Å². The number of aliphatic hydroxyl groups is 1. The molecule has 19 heavy (non-hydrogen) atoms. The summed E-state index contributed by atoms with van der Waals surface area (Å²) in [7, 11) is 0. The van der Waals surface area contributed by atoms with Gasteiger partial charge in [-0.1, -0.05) is 25.3 Å². The molecule has 0 unspecified atom stereocenters. The maximum Gasteiger partial charge on any atom is 0.274 e. The van der Waals surface area contributed by atoms with Crippen molar-refractivity contribution in [3.8, 4) is 0 Å². The van der Waals surface area contributed by atoms with Gasteiger partial charge in [-0.05, 0) is 25.8 Å². The molecule has 0 bridgehead atoms. The summed E-state index contributed by atoms with van der Waals surface area (Å²) >= 11 is 0. The van der Waals surface area contributed by atoms with E-state index < -0.39 is 5.60 Å². The maximum atomic E-state index is 10.9. The van der Waals surface area contributed by atoms with Gasteiger partial charge in [0.25, 0.3) is 5.69 Å². The summed E-state index contributed by atoms with van der Waals surface area (Å²) in [5, 5.41) is 24.4. The minimum absolute atomic E-state index is 0.112. The average Bonchev–Trinajstić information content (AvgIpc) is 2.38. The fourth-order valence-corrected chi connectivity index (χ4v) is 2.57. The molecule has 1 aromatic carbocycles. The Balaban J connectivity index is 2.03. The molecule has 1 aromatic rings. The lowest BCUT2D eigenvalue weighted by atomic mass is 9.85. The van der Waals surface area contributed by atoms with Crippen LogP contribution in [-0.4, -0.2) is 22.2 Å². The van der Waals surface area contributed by atoms with E-state index in [0.29, 0.717) is 17.8 Å². The molecule has 2 rings (SSSR count). The zero-order valence-electron chi connectivity index (χ0n) is 11.2. The number of nitrogens with zero attached hydrogens (tertiary/aromatic N) is 1. The average molecular weight is 264 g/mol. The van der Waals surface area contributed by atoms with Crippen LogP contribution in [0.2, 0.25) is 0 Å². The molecule has 104 valence electrons. The van der Waals surface area contributed by atoms with Gasteiger partial charge in [-0.3, -0.25) is 10.1 Å². The maximum absolute atomic E-state index is 10.9. The number of hydrogen-bond donors (Lipinski definition) is 2. The fourth-order valence-electron chi connectivity index (χ4n) is 2.57. The van der Waals surface area contributed by atoms with Crippen molar-refractivity contribution in [2.75, 3.05) is 11.9 Å². The summed E-state index contributed by atoms with van der Waals surface area (Å²) in [5.74, 6) is 0. The van der Waals surface area contributed by atoms with Crippen LogP contribution in [0, 0.1) is 17.0 Å². The van der Waals surface area contributed by atoms with Gasteiger partial charge in [0.15, 0.2) is 0 Å². The van der Waals surface area contributed by atoms with Gasteiger partial charge in [0, 0.05) is 23.9 Å². The number of anilines is 1. The molecule has 0 atom stereocenters. The number of aryl methyl sites for hydroxylation is 1. The van der Waals surface area contributed by atoms with E-state index in [1.165, 1.54) is 12.5 Å². The molecule has 5 nitrogen and oxygen atoms in total. The van der Waals surface area contributed by atoms with Crippen molar-refractivity contribution in [1.82, 2.24) is 0 Å². The molecule has 0 saturated heterocycles. The lowest BCUT2D eigenvalue weighted by molar-refractivity contribution is -0.385. The van der Waals surface area contributed by atoms with Crippen LogP contribution in [0.5, 0.6) is 0 Å². The van der Waals surface area contributed by atoms with Gasteiger partial charge in [0.05, 0.1) is 10.5 Å². The molecule has 0 aliphatic heterocycles. The Hall–Kier alpha value is -1.62. The van der Waals surface area contributed by atoms with E-state index in [-0.39, 0.29) is 10.6 Å². The predicted molar refractivity (Wildman–Crippen MR) is 74.4 cm³/mol. The zero-order chi connectivity index (χ0) is 13.9. The summed E-state index contributed by atoms with van der Waals surface area (Å²) in [6.07, 6.45) is 4.87. The van der Waals surface area contributed by atoms with E-state index in [4.69, 9.17) is 0 Å². The highest BCUT2D eigenvalue weighted by molar-refractivity contribution is 5.55. The van der Waals surface area contributed by atoms with E-state index in [9.17, 15) is 15.2 Å². The van der Waals surface area contributed by atoms with E-state index in [1.54, 1.807) is 13.0 Å². The van der Waals surface area contributed by atoms with Crippen LogP contribution in [-0.2, 0) is 0 Å². The molecule has 0 aromatic heterocycles. The summed E-state index contributed by atoms with van der Waals surface area (Å²) in [4.78, 5) is 10.5. The Morgan fingerprint density at radius 2 is 2.05 bits per heavy atom. The van der Waals surface area contributed by atoms with Gasteiger partial charge in [0.2, 0.25) is 0 Å². The molecule has 0 spiro atoms. The van der Waals surface area contributed by atoms with Crippen molar-refractivity contribution in [3.63, 3.8) is 0 Å². The quantitative estimate of drug-likeness (QED) is 0.647. The lowest BCUT2D eigenvalue weighted by Crippen LogP contribution is -2.38. The van der Waals surface area contributed by atoms with Gasteiger partial charge < -0.3 is 10.4 Å². The Labute approximate surface area is 112 Å². The minimum atomic E-state index is -0.669. The van der Waals surface area contributed by atoms with Crippen LogP contribution in [0.15, 0.2) is 18.2 Å². The zero-order valence-corrected chi connectivity index (χ0v) is 11.2. The summed E-state index contributed by atoms with van der Waals surface area (Å²) in [6.45, 7) is 2.17. The first-order chi connectivity index (χ1) is 9.00. The highest BCUT2D eigenvalue weighted by Gasteiger charge is 2.28. The van der Waals surface area contributed by atoms with E-state index in [2.05, 4.69) is 5.32 Å². The molecule has 1 saturated carbocycles. The topological polar surface area (TPSA) is 75.4 Å². The number of nitro groups is 1. The van der Waals surface area contributed by atoms with Crippen molar-refractivity contribution in [3.05, 3.63) is 33.9 Å². The van der Waals surface area contributed by atoms with Gasteiger partial charge in [-0.25, -0.2) is 0 Å².